The predicted molar refractivity (Wildman–Crippen MR) is 136 cm³/mol. The average molecular weight is 460 g/mol. The molecular formula is C27H33N5O2. The van der Waals surface area contributed by atoms with E-state index in [0.29, 0.717) is 26.3 Å². The van der Waals surface area contributed by atoms with E-state index in [1.807, 2.05) is 11.1 Å². The second-order valence-corrected chi connectivity index (χ2v) is 9.58. The normalized spacial score (nSPS) is 21.6. The van der Waals surface area contributed by atoms with Crippen LogP contribution in [0.4, 0.5) is 16.2 Å². The van der Waals surface area contributed by atoms with Crippen molar-refractivity contribution in [3.8, 4) is 0 Å². The van der Waals surface area contributed by atoms with Crippen LogP contribution in [0.15, 0.2) is 54.7 Å². The molecule has 2 amide bonds. The summed E-state index contributed by atoms with van der Waals surface area (Å²) in [5, 5.41) is 1.29. The lowest BCUT2D eigenvalue weighted by Crippen LogP contribution is -2.57. The van der Waals surface area contributed by atoms with E-state index in [4.69, 9.17) is 4.74 Å². The van der Waals surface area contributed by atoms with Gasteiger partial charge in [-0.25, -0.2) is 4.79 Å². The number of amides is 2. The van der Waals surface area contributed by atoms with Gasteiger partial charge in [-0.2, -0.15) is 0 Å². The molecule has 4 heterocycles. The van der Waals surface area contributed by atoms with Crippen LogP contribution < -0.4 is 9.80 Å². The monoisotopic (exact) mass is 459 g/mol. The van der Waals surface area contributed by atoms with Crippen LogP contribution in [0.1, 0.15) is 12.0 Å². The number of aryl methyl sites for hydroxylation is 1. The zero-order valence-corrected chi connectivity index (χ0v) is 19.7. The van der Waals surface area contributed by atoms with E-state index in [0.717, 1.165) is 51.3 Å². The molecule has 3 aromatic rings. The fourth-order valence-electron chi connectivity index (χ4n) is 5.76. The molecular weight excluding hydrogens is 426 g/mol. The van der Waals surface area contributed by atoms with Crippen molar-refractivity contribution in [2.45, 2.75) is 18.9 Å². The van der Waals surface area contributed by atoms with E-state index in [9.17, 15) is 4.79 Å². The number of carbonyl (C=O) groups is 1. The maximum absolute atomic E-state index is 13.7. The highest BCUT2D eigenvalue weighted by molar-refractivity contribution is 5.94. The van der Waals surface area contributed by atoms with E-state index in [2.05, 4.69) is 68.2 Å². The number of urea groups is 1. The smallest absolute Gasteiger partial charge is 0.324 e. The lowest BCUT2D eigenvalue weighted by molar-refractivity contribution is 0.0539. The number of carbonyl (C=O) groups excluding carboxylic acids is 1. The molecule has 0 aliphatic carbocycles. The number of nitrogens with zero attached hydrogens (tertiary/aromatic N) is 4. The zero-order chi connectivity index (χ0) is 22.9. The number of aromatic nitrogens is 1. The second kappa shape index (κ2) is 9.31. The highest BCUT2D eigenvalue weighted by atomic mass is 16.5. The third-order valence-corrected chi connectivity index (χ3v) is 7.60. The summed E-state index contributed by atoms with van der Waals surface area (Å²) < 4.78 is 5.50. The van der Waals surface area contributed by atoms with Gasteiger partial charge in [-0.3, -0.25) is 9.80 Å². The summed E-state index contributed by atoms with van der Waals surface area (Å²) in [5.74, 6) is 0. The lowest BCUT2D eigenvalue weighted by atomic mass is 9.95. The maximum atomic E-state index is 13.7. The first-order valence-electron chi connectivity index (χ1n) is 12.5. The first-order chi connectivity index (χ1) is 16.8. The number of piperazine rings is 1. The number of benzene rings is 2. The number of rotatable bonds is 3. The Morgan fingerprint density at radius 2 is 1.71 bits per heavy atom. The third-order valence-electron chi connectivity index (χ3n) is 7.60. The minimum Gasteiger partial charge on any atom is -0.378 e. The quantitative estimate of drug-likeness (QED) is 0.651. The maximum Gasteiger partial charge on any atom is 0.324 e. The SMILES string of the molecule is O=C(N1CCOCC1)N1c2ccccc2CCC1CN1CCN(c2cccc3[nH]ccc23)CC1. The Morgan fingerprint density at radius 1 is 0.912 bits per heavy atom. The molecule has 1 unspecified atom stereocenters. The van der Waals surface area contributed by atoms with Crippen molar-refractivity contribution < 1.29 is 9.53 Å². The summed E-state index contributed by atoms with van der Waals surface area (Å²) in [6.07, 6.45) is 4.06. The lowest BCUT2D eigenvalue weighted by Gasteiger charge is -2.44. The van der Waals surface area contributed by atoms with E-state index in [1.165, 1.54) is 22.2 Å². The Bertz CT molecular complexity index is 1150. The first-order valence-corrected chi connectivity index (χ1v) is 12.5. The van der Waals surface area contributed by atoms with Gasteiger partial charge < -0.3 is 19.5 Å². The van der Waals surface area contributed by atoms with Gasteiger partial charge >= 0.3 is 6.03 Å². The summed E-state index contributed by atoms with van der Waals surface area (Å²) in [4.78, 5) is 26.1. The van der Waals surface area contributed by atoms with Crippen molar-refractivity contribution in [2.75, 3.05) is 68.8 Å². The Hall–Kier alpha value is -3.03. The van der Waals surface area contributed by atoms with Crippen LogP contribution in [0.5, 0.6) is 0 Å². The highest BCUT2D eigenvalue weighted by Gasteiger charge is 2.35. The topological polar surface area (TPSA) is 55.1 Å². The number of aromatic amines is 1. The number of nitrogens with one attached hydrogen (secondary N) is 1. The van der Waals surface area contributed by atoms with Gasteiger partial charge in [-0.1, -0.05) is 24.3 Å². The van der Waals surface area contributed by atoms with Crippen LogP contribution in [0.25, 0.3) is 10.9 Å². The molecule has 178 valence electrons. The van der Waals surface area contributed by atoms with Gasteiger partial charge in [0.25, 0.3) is 0 Å². The van der Waals surface area contributed by atoms with Gasteiger partial charge in [0, 0.05) is 74.3 Å². The Morgan fingerprint density at radius 3 is 2.56 bits per heavy atom. The number of morpholine rings is 1. The number of H-pyrrole nitrogens is 1. The molecule has 1 N–H and O–H groups in total. The first kappa shape index (κ1) is 21.5. The van der Waals surface area contributed by atoms with Crippen LogP contribution in [-0.4, -0.2) is 85.9 Å². The van der Waals surface area contributed by atoms with Gasteiger partial charge in [0.05, 0.1) is 19.3 Å². The van der Waals surface area contributed by atoms with E-state index in [-0.39, 0.29) is 12.1 Å². The molecule has 3 aliphatic rings. The van der Waals surface area contributed by atoms with Crippen molar-refractivity contribution >= 4 is 28.3 Å². The summed E-state index contributed by atoms with van der Waals surface area (Å²) in [6, 6.07) is 17.4. The summed E-state index contributed by atoms with van der Waals surface area (Å²) in [6.45, 7) is 7.56. The molecule has 0 spiro atoms. The van der Waals surface area contributed by atoms with Crippen LogP contribution in [0, 0.1) is 0 Å². The van der Waals surface area contributed by atoms with Gasteiger partial charge in [0.2, 0.25) is 0 Å². The number of hydrogen-bond donors (Lipinski definition) is 1. The average Bonchev–Trinajstić information content (AvgIpc) is 3.38. The van der Waals surface area contributed by atoms with E-state index in [1.54, 1.807) is 0 Å². The molecule has 7 nitrogen and oxygen atoms in total. The fourth-order valence-corrected chi connectivity index (χ4v) is 5.76. The Kier molecular flexibility index (Phi) is 5.89. The van der Waals surface area contributed by atoms with Crippen molar-refractivity contribution in [2.24, 2.45) is 0 Å². The number of fused-ring (bicyclic) bond motifs is 2. The molecule has 7 heteroatoms. The van der Waals surface area contributed by atoms with Crippen LogP contribution >= 0.6 is 0 Å². The van der Waals surface area contributed by atoms with Gasteiger partial charge in [-0.05, 0) is 42.7 Å². The van der Waals surface area contributed by atoms with Gasteiger partial charge in [0.15, 0.2) is 0 Å². The van der Waals surface area contributed by atoms with E-state index < -0.39 is 0 Å². The molecule has 0 radical (unpaired) electrons. The second-order valence-electron chi connectivity index (χ2n) is 9.58. The number of anilines is 2. The number of para-hydroxylation sites is 1. The predicted octanol–water partition coefficient (Wildman–Crippen LogP) is 3.56. The molecule has 34 heavy (non-hydrogen) atoms. The minimum atomic E-state index is 0.137. The third kappa shape index (κ3) is 4.03. The molecule has 3 aliphatic heterocycles. The number of ether oxygens (including phenoxy) is 1. The molecule has 1 aromatic heterocycles. The standard InChI is InChI=1S/C27H33N5O2/c33-27(31-16-18-34-19-17-31)32-22(9-8-21-4-1-2-6-25(21)32)20-29-12-14-30(15-13-29)26-7-3-5-24-23(26)10-11-28-24/h1-7,10-11,22,28H,8-9,12-20H2. The molecule has 2 fully saturated rings. The van der Waals surface area contributed by atoms with Crippen molar-refractivity contribution in [3.63, 3.8) is 0 Å². The van der Waals surface area contributed by atoms with Crippen LogP contribution in [-0.2, 0) is 11.2 Å². The van der Waals surface area contributed by atoms with Crippen molar-refractivity contribution in [1.29, 1.82) is 0 Å². The summed E-state index contributed by atoms with van der Waals surface area (Å²) in [5.41, 5.74) is 4.88. The van der Waals surface area contributed by atoms with Gasteiger partial charge in [0.1, 0.15) is 0 Å². The molecule has 0 saturated carbocycles. The van der Waals surface area contributed by atoms with Crippen LogP contribution in [0.2, 0.25) is 0 Å². The van der Waals surface area contributed by atoms with E-state index >= 15 is 0 Å². The Balaban J connectivity index is 1.17. The summed E-state index contributed by atoms with van der Waals surface area (Å²) in [7, 11) is 0. The zero-order valence-electron chi connectivity index (χ0n) is 19.7. The highest BCUT2D eigenvalue weighted by Crippen LogP contribution is 2.33. The van der Waals surface area contributed by atoms with Crippen molar-refractivity contribution in [3.05, 3.63) is 60.3 Å². The largest absolute Gasteiger partial charge is 0.378 e. The molecule has 0 bridgehead atoms. The fraction of sp³-hybridized carbons (Fsp3) is 0.444. The minimum absolute atomic E-state index is 0.137. The molecule has 1 atom stereocenters. The molecule has 6 rings (SSSR count). The molecule has 2 saturated heterocycles. The summed E-state index contributed by atoms with van der Waals surface area (Å²) >= 11 is 0. The van der Waals surface area contributed by atoms with Crippen LogP contribution in [0.3, 0.4) is 0 Å². The number of hydrogen-bond acceptors (Lipinski definition) is 4. The Labute approximate surface area is 200 Å². The molecule has 2 aromatic carbocycles. The van der Waals surface area contributed by atoms with Crippen molar-refractivity contribution in [1.82, 2.24) is 14.8 Å². The van der Waals surface area contributed by atoms with Gasteiger partial charge in [-0.15, -0.1) is 0 Å².